The Balaban J connectivity index is 2.38. The van der Waals surface area contributed by atoms with E-state index in [-0.39, 0.29) is 0 Å². The number of ketones is 1. The van der Waals surface area contributed by atoms with Gasteiger partial charge >= 0.3 is 5.97 Å². The van der Waals surface area contributed by atoms with Crippen molar-refractivity contribution in [2.24, 2.45) is 0 Å². The number of aliphatic hydroxyl groups is 1. The maximum Gasteiger partial charge on any atom is 0.306 e. The minimum absolute atomic E-state index is 0.559. The molecule has 8 heteroatoms. The highest BCUT2D eigenvalue weighted by Crippen LogP contribution is 2.33. The largest absolute Gasteiger partial charge is 0.481 e. The molecule has 0 spiro atoms. The van der Waals surface area contributed by atoms with Gasteiger partial charge < -0.3 is 10.2 Å². The first-order valence-corrected chi connectivity index (χ1v) is 5.57. The van der Waals surface area contributed by atoms with Crippen LogP contribution in [0, 0.1) is 11.6 Å². The number of Topliss-reactive ketones (excluding diaryl/α,β-unsaturated/α-hetero) is 1. The van der Waals surface area contributed by atoms with Crippen LogP contribution in [-0.4, -0.2) is 40.5 Å². The molecular formula is C12H9F2NO5. The van der Waals surface area contributed by atoms with Gasteiger partial charge in [-0.2, -0.15) is 0 Å². The molecule has 0 saturated heterocycles. The third-order valence-corrected chi connectivity index (χ3v) is 2.82. The van der Waals surface area contributed by atoms with Crippen LogP contribution >= 0.6 is 0 Å². The van der Waals surface area contributed by atoms with Crippen LogP contribution in [0.15, 0.2) is 12.1 Å². The normalized spacial score (nSPS) is 15.4. The summed E-state index contributed by atoms with van der Waals surface area (Å²) in [5, 5.41) is 18.0. The Bertz CT molecular complexity index is 616. The number of hydrogen-bond donors (Lipinski definition) is 2. The molecule has 1 unspecified atom stereocenters. The first-order valence-electron chi connectivity index (χ1n) is 5.57. The number of hydrogen-bond acceptors (Lipinski definition) is 4. The molecule has 106 valence electrons. The highest BCUT2D eigenvalue weighted by molar-refractivity contribution is 6.52. The number of carbonyl (C=O) groups is 3. The van der Waals surface area contributed by atoms with E-state index >= 15 is 0 Å². The third-order valence-electron chi connectivity index (χ3n) is 2.82. The number of aliphatic hydroxyl groups excluding tert-OH is 1. The summed E-state index contributed by atoms with van der Waals surface area (Å²) in [7, 11) is 0. The van der Waals surface area contributed by atoms with E-state index in [2.05, 4.69) is 0 Å². The Hall–Kier alpha value is -2.35. The van der Waals surface area contributed by atoms with Gasteiger partial charge in [0.2, 0.25) is 0 Å². The van der Waals surface area contributed by atoms with E-state index in [9.17, 15) is 28.3 Å². The van der Waals surface area contributed by atoms with E-state index in [0.717, 1.165) is 12.1 Å². The average molecular weight is 285 g/mol. The summed E-state index contributed by atoms with van der Waals surface area (Å²) in [6.45, 7) is -0.607. The van der Waals surface area contributed by atoms with E-state index in [4.69, 9.17) is 5.11 Å². The lowest BCUT2D eigenvalue weighted by Gasteiger charge is -2.19. The summed E-state index contributed by atoms with van der Waals surface area (Å²) in [5.41, 5.74) is -1.26. The molecule has 0 aliphatic carbocycles. The van der Waals surface area contributed by atoms with Crippen LogP contribution in [0.2, 0.25) is 0 Å². The second-order valence-electron chi connectivity index (χ2n) is 4.25. The second-order valence-corrected chi connectivity index (χ2v) is 4.25. The fraction of sp³-hybridized carbons (Fsp3) is 0.250. The van der Waals surface area contributed by atoms with E-state index < -0.39 is 59.6 Å². The zero-order valence-electron chi connectivity index (χ0n) is 9.97. The van der Waals surface area contributed by atoms with Gasteiger partial charge in [-0.15, -0.1) is 0 Å². The highest BCUT2D eigenvalue weighted by Gasteiger charge is 2.41. The van der Waals surface area contributed by atoms with Crippen molar-refractivity contribution >= 4 is 23.3 Å². The third kappa shape index (κ3) is 2.25. The molecule has 2 N–H and O–H groups in total. The summed E-state index contributed by atoms with van der Waals surface area (Å²) in [6.07, 6.45) is -2.19. The fourth-order valence-electron chi connectivity index (χ4n) is 2.00. The standard InChI is InChI=1S/C12H9F2NO5/c13-6-1-2-7(14)10-9(6)11(19)12(20)15(10)4-5(16)3-8(17)18/h1-2,5,16H,3-4H2,(H,17,18). The van der Waals surface area contributed by atoms with Crippen LogP contribution in [0.4, 0.5) is 14.5 Å². The van der Waals surface area contributed by atoms with Crippen molar-refractivity contribution in [3.63, 3.8) is 0 Å². The van der Waals surface area contributed by atoms with Gasteiger partial charge in [-0.3, -0.25) is 19.3 Å². The monoisotopic (exact) mass is 285 g/mol. The molecule has 0 aromatic heterocycles. The van der Waals surface area contributed by atoms with E-state index in [1.807, 2.05) is 0 Å². The van der Waals surface area contributed by atoms with Crippen LogP contribution in [0.25, 0.3) is 0 Å². The number of rotatable bonds is 4. The lowest BCUT2D eigenvalue weighted by molar-refractivity contribution is -0.139. The van der Waals surface area contributed by atoms with Gasteiger partial charge in [0.1, 0.15) is 11.6 Å². The Morgan fingerprint density at radius 2 is 1.85 bits per heavy atom. The maximum atomic E-state index is 13.7. The zero-order chi connectivity index (χ0) is 15.0. The van der Waals surface area contributed by atoms with Gasteiger partial charge in [-0.1, -0.05) is 0 Å². The molecular weight excluding hydrogens is 276 g/mol. The first kappa shape index (κ1) is 14.1. The summed E-state index contributed by atoms with van der Waals surface area (Å²) in [6, 6.07) is 1.47. The van der Waals surface area contributed by atoms with Gasteiger partial charge in [0.05, 0.1) is 30.3 Å². The molecule has 1 aliphatic heterocycles. The first-order chi connectivity index (χ1) is 9.32. The Labute approximate surface area is 111 Å². The highest BCUT2D eigenvalue weighted by atomic mass is 19.1. The number of halogens is 2. The number of amides is 1. The minimum atomic E-state index is -1.50. The number of β-amino-alcohol motifs (C(OH)–C–C–N with tert-alkyl or cyclic N) is 1. The number of carboxylic acids is 1. The van der Waals surface area contributed by atoms with Gasteiger partial charge in [-0.25, -0.2) is 8.78 Å². The average Bonchev–Trinajstić information content (AvgIpc) is 2.59. The van der Waals surface area contributed by atoms with Gasteiger partial charge in [0.15, 0.2) is 0 Å². The molecule has 2 rings (SSSR count). The van der Waals surface area contributed by atoms with Crippen LogP contribution in [0.3, 0.4) is 0 Å². The molecule has 1 heterocycles. The van der Waals surface area contributed by atoms with Crippen molar-refractivity contribution in [2.45, 2.75) is 12.5 Å². The molecule has 0 radical (unpaired) electrons. The minimum Gasteiger partial charge on any atom is -0.481 e. The van der Waals surface area contributed by atoms with E-state index in [1.54, 1.807) is 0 Å². The van der Waals surface area contributed by atoms with Crippen LogP contribution in [0.1, 0.15) is 16.8 Å². The Kier molecular flexibility index (Phi) is 3.49. The predicted octanol–water partition coefficient (Wildman–Crippen LogP) is 0.330. The molecule has 1 amide bonds. The molecule has 0 saturated carbocycles. The zero-order valence-corrected chi connectivity index (χ0v) is 9.97. The van der Waals surface area contributed by atoms with Crippen molar-refractivity contribution < 1.29 is 33.4 Å². The molecule has 0 fully saturated rings. The molecule has 1 aromatic rings. The number of nitrogens with zero attached hydrogens (tertiary/aromatic N) is 1. The lowest BCUT2D eigenvalue weighted by atomic mass is 10.1. The summed E-state index contributed by atoms with van der Waals surface area (Å²) in [4.78, 5) is 34.3. The van der Waals surface area contributed by atoms with Crippen LogP contribution in [-0.2, 0) is 9.59 Å². The van der Waals surface area contributed by atoms with Gasteiger partial charge in [0.25, 0.3) is 11.7 Å². The summed E-state index contributed by atoms with van der Waals surface area (Å²) in [5.74, 6) is -5.79. The lowest BCUT2D eigenvalue weighted by Crippen LogP contribution is -2.37. The van der Waals surface area contributed by atoms with E-state index in [0.29, 0.717) is 4.90 Å². The topological polar surface area (TPSA) is 94.9 Å². The smallest absolute Gasteiger partial charge is 0.306 e. The van der Waals surface area contributed by atoms with Gasteiger partial charge in [-0.05, 0) is 12.1 Å². The molecule has 0 bridgehead atoms. The molecule has 20 heavy (non-hydrogen) atoms. The van der Waals surface area contributed by atoms with Crippen molar-refractivity contribution in [1.82, 2.24) is 0 Å². The number of carbonyl (C=O) groups excluding carboxylic acids is 2. The fourth-order valence-corrected chi connectivity index (χ4v) is 2.00. The van der Waals surface area contributed by atoms with E-state index in [1.165, 1.54) is 0 Å². The summed E-state index contributed by atoms with van der Waals surface area (Å²) >= 11 is 0. The van der Waals surface area contributed by atoms with Crippen LogP contribution in [0.5, 0.6) is 0 Å². The molecule has 6 nitrogen and oxygen atoms in total. The van der Waals surface area contributed by atoms with Crippen molar-refractivity contribution in [2.75, 3.05) is 11.4 Å². The number of fused-ring (bicyclic) bond motifs is 1. The second kappa shape index (κ2) is 4.97. The Morgan fingerprint density at radius 1 is 1.25 bits per heavy atom. The van der Waals surface area contributed by atoms with Crippen molar-refractivity contribution in [3.8, 4) is 0 Å². The number of anilines is 1. The predicted molar refractivity (Wildman–Crippen MR) is 61.3 cm³/mol. The van der Waals surface area contributed by atoms with Crippen molar-refractivity contribution in [1.29, 1.82) is 0 Å². The van der Waals surface area contributed by atoms with Gasteiger partial charge in [0, 0.05) is 0 Å². The number of carboxylic acid groups (broad SMARTS) is 1. The van der Waals surface area contributed by atoms with Crippen LogP contribution < -0.4 is 4.90 Å². The SMILES string of the molecule is O=C(O)CC(O)CN1C(=O)C(=O)c2c(F)ccc(F)c21. The van der Waals surface area contributed by atoms with Crippen molar-refractivity contribution in [3.05, 3.63) is 29.3 Å². The maximum absolute atomic E-state index is 13.7. The quantitative estimate of drug-likeness (QED) is 0.777. The summed E-state index contributed by atoms with van der Waals surface area (Å²) < 4.78 is 27.2. The Morgan fingerprint density at radius 3 is 2.45 bits per heavy atom. The molecule has 1 aliphatic rings. The number of aliphatic carboxylic acids is 1. The number of benzene rings is 1. The molecule has 1 aromatic carbocycles. The molecule has 1 atom stereocenters.